The summed E-state index contributed by atoms with van der Waals surface area (Å²) < 4.78 is 33.8. The van der Waals surface area contributed by atoms with Gasteiger partial charge in [0, 0.05) is 30.6 Å². The predicted molar refractivity (Wildman–Crippen MR) is 115 cm³/mol. The molecule has 29 heavy (non-hydrogen) atoms. The first-order valence-corrected chi connectivity index (χ1v) is 10.6. The number of anilines is 1. The normalized spacial score (nSPS) is 12.5. The van der Waals surface area contributed by atoms with Crippen LogP contribution in [0.5, 0.6) is 0 Å². The van der Waals surface area contributed by atoms with Crippen molar-refractivity contribution in [2.45, 2.75) is 17.4 Å². The summed E-state index contributed by atoms with van der Waals surface area (Å²) in [6.45, 7) is 0. The van der Waals surface area contributed by atoms with E-state index in [9.17, 15) is 13.2 Å². The average molecular weight is 413 g/mol. The van der Waals surface area contributed by atoms with Gasteiger partial charge in [0.25, 0.3) is 0 Å². The minimum absolute atomic E-state index is 0.126. The molecule has 3 aromatic carbocycles. The lowest BCUT2D eigenvalue weighted by Crippen LogP contribution is -2.43. The van der Waals surface area contributed by atoms with Crippen LogP contribution in [0.1, 0.15) is 5.56 Å². The second-order valence-electron chi connectivity index (χ2n) is 6.91. The van der Waals surface area contributed by atoms with Crippen LogP contribution in [-0.2, 0) is 26.0 Å². The fourth-order valence-corrected chi connectivity index (χ4v) is 4.71. The highest BCUT2D eigenvalue weighted by molar-refractivity contribution is 7.89. The van der Waals surface area contributed by atoms with Crippen molar-refractivity contribution in [3.8, 4) is 0 Å². The summed E-state index contributed by atoms with van der Waals surface area (Å²) in [6, 6.07) is 18.8. The van der Waals surface area contributed by atoms with Gasteiger partial charge in [-0.2, -0.15) is 4.72 Å². The maximum absolute atomic E-state index is 13.2. The number of methoxy groups -OCH3 is 1. The molecule has 0 aliphatic heterocycles. The Morgan fingerprint density at radius 2 is 1.62 bits per heavy atom. The number of fused-ring (bicyclic) bond motifs is 1. The number of hydrogen-bond acceptors (Lipinski definition) is 5. The molecule has 0 saturated heterocycles. The van der Waals surface area contributed by atoms with Crippen LogP contribution in [0, 0.1) is 0 Å². The molecule has 0 bridgehead atoms. The molecule has 7 heteroatoms. The Morgan fingerprint density at radius 1 is 0.966 bits per heavy atom. The molecule has 0 aromatic heterocycles. The first-order chi connectivity index (χ1) is 13.8. The maximum Gasteiger partial charge on any atom is 0.324 e. The lowest BCUT2D eigenvalue weighted by atomic mass is 10.1. The van der Waals surface area contributed by atoms with Crippen LogP contribution in [0.15, 0.2) is 71.6 Å². The quantitative estimate of drug-likeness (QED) is 0.604. The molecule has 0 aliphatic rings. The third kappa shape index (κ3) is 4.58. The monoisotopic (exact) mass is 412 g/mol. The zero-order valence-corrected chi connectivity index (χ0v) is 17.4. The lowest BCUT2D eigenvalue weighted by Gasteiger charge is -2.19. The van der Waals surface area contributed by atoms with Crippen molar-refractivity contribution in [1.82, 2.24) is 4.72 Å². The average Bonchev–Trinajstić information content (AvgIpc) is 2.72. The summed E-state index contributed by atoms with van der Waals surface area (Å²) >= 11 is 0. The molecule has 1 unspecified atom stereocenters. The van der Waals surface area contributed by atoms with Gasteiger partial charge < -0.3 is 9.64 Å². The number of benzene rings is 3. The van der Waals surface area contributed by atoms with Crippen LogP contribution >= 0.6 is 0 Å². The SMILES string of the molecule is COC(=O)C(Cc1ccccc1)NS(=O)(=O)c1cccc2c(N(C)C)cccc12. The summed E-state index contributed by atoms with van der Waals surface area (Å²) in [5, 5.41) is 1.41. The molecule has 1 N–H and O–H groups in total. The van der Waals surface area contributed by atoms with Gasteiger partial charge in [-0.25, -0.2) is 8.42 Å². The van der Waals surface area contributed by atoms with E-state index < -0.39 is 22.0 Å². The Balaban J connectivity index is 2.01. The van der Waals surface area contributed by atoms with Crippen molar-refractivity contribution in [3.63, 3.8) is 0 Å². The van der Waals surface area contributed by atoms with Crippen LogP contribution in [0.3, 0.4) is 0 Å². The largest absolute Gasteiger partial charge is 0.468 e. The third-order valence-corrected chi connectivity index (χ3v) is 6.23. The van der Waals surface area contributed by atoms with Crippen LogP contribution in [0.2, 0.25) is 0 Å². The lowest BCUT2D eigenvalue weighted by molar-refractivity contribution is -0.142. The third-order valence-electron chi connectivity index (χ3n) is 4.70. The molecule has 0 radical (unpaired) electrons. The highest BCUT2D eigenvalue weighted by atomic mass is 32.2. The molecular weight excluding hydrogens is 388 g/mol. The summed E-state index contributed by atoms with van der Waals surface area (Å²) in [7, 11) is 1.08. The number of carbonyl (C=O) groups is 1. The number of sulfonamides is 1. The van der Waals surface area contributed by atoms with Crippen molar-refractivity contribution in [2.24, 2.45) is 0 Å². The van der Waals surface area contributed by atoms with E-state index in [1.165, 1.54) is 7.11 Å². The second kappa shape index (κ2) is 8.63. The number of nitrogens with zero attached hydrogens (tertiary/aromatic N) is 1. The number of ether oxygens (including phenoxy) is 1. The molecule has 0 heterocycles. The van der Waals surface area contributed by atoms with Crippen molar-refractivity contribution >= 4 is 32.5 Å². The van der Waals surface area contributed by atoms with E-state index in [0.717, 1.165) is 16.6 Å². The summed E-state index contributed by atoms with van der Waals surface area (Å²) in [5.74, 6) is -0.633. The number of nitrogens with one attached hydrogen (secondary N) is 1. The molecule has 3 aromatic rings. The van der Waals surface area contributed by atoms with Crippen molar-refractivity contribution in [1.29, 1.82) is 0 Å². The van der Waals surface area contributed by atoms with E-state index in [-0.39, 0.29) is 11.3 Å². The summed E-state index contributed by atoms with van der Waals surface area (Å²) in [6.07, 6.45) is 0.195. The van der Waals surface area contributed by atoms with E-state index in [4.69, 9.17) is 4.74 Å². The van der Waals surface area contributed by atoms with Crippen LogP contribution < -0.4 is 9.62 Å². The Labute approximate surface area is 171 Å². The van der Waals surface area contributed by atoms with E-state index in [1.807, 2.05) is 67.5 Å². The summed E-state index contributed by atoms with van der Waals surface area (Å²) in [4.78, 5) is 14.3. The fourth-order valence-electron chi connectivity index (χ4n) is 3.30. The number of esters is 1. The van der Waals surface area contributed by atoms with Crippen molar-refractivity contribution in [3.05, 3.63) is 72.3 Å². The maximum atomic E-state index is 13.2. The Hall–Kier alpha value is -2.90. The molecular formula is C22H24N2O4S. The smallest absolute Gasteiger partial charge is 0.324 e. The molecule has 0 fully saturated rings. The van der Waals surface area contributed by atoms with Gasteiger partial charge >= 0.3 is 5.97 Å². The highest BCUT2D eigenvalue weighted by Crippen LogP contribution is 2.30. The van der Waals surface area contributed by atoms with Gasteiger partial charge in [-0.1, -0.05) is 54.6 Å². The van der Waals surface area contributed by atoms with Gasteiger partial charge in [-0.3, -0.25) is 4.79 Å². The van der Waals surface area contributed by atoms with E-state index in [1.54, 1.807) is 18.2 Å². The second-order valence-corrected chi connectivity index (χ2v) is 8.59. The van der Waals surface area contributed by atoms with Crippen LogP contribution in [0.25, 0.3) is 10.8 Å². The zero-order chi connectivity index (χ0) is 21.0. The first kappa shape index (κ1) is 20.8. The predicted octanol–water partition coefficient (Wildman–Crippen LogP) is 2.97. The number of hydrogen-bond donors (Lipinski definition) is 1. The Bertz CT molecular complexity index is 1110. The molecule has 0 spiro atoms. The van der Waals surface area contributed by atoms with Crippen molar-refractivity contribution < 1.29 is 17.9 Å². The van der Waals surface area contributed by atoms with E-state index >= 15 is 0 Å². The number of rotatable bonds is 7. The minimum atomic E-state index is -3.97. The molecule has 152 valence electrons. The van der Waals surface area contributed by atoms with Crippen molar-refractivity contribution in [2.75, 3.05) is 26.1 Å². The molecule has 0 aliphatic carbocycles. The van der Waals surface area contributed by atoms with Gasteiger partial charge in [-0.05, 0) is 24.1 Å². The zero-order valence-electron chi connectivity index (χ0n) is 16.6. The summed E-state index contributed by atoms with van der Waals surface area (Å²) in [5.41, 5.74) is 1.74. The molecule has 3 rings (SSSR count). The van der Waals surface area contributed by atoms with E-state index in [2.05, 4.69) is 4.72 Å². The Morgan fingerprint density at radius 3 is 2.28 bits per heavy atom. The van der Waals surface area contributed by atoms with Gasteiger partial charge in [0.05, 0.1) is 12.0 Å². The molecule has 1 atom stereocenters. The molecule has 0 amide bonds. The Kier molecular flexibility index (Phi) is 6.20. The van der Waals surface area contributed by atoms with Gasteiger partial charge in [0.1, 0.15) is 6.04 Å². The van der Waals surface area contributed by atoms with Gasteiger partial charge in [0.15, 0.2) is 0 Å². The van der Waals surface area contributed by atoms with Crippen LogP contribution in [-0.4, -0.2) is 41.6 Å². The van der Waals surface area contributed by atoms with Crippen LogP contribution in [0.4, 0.5) is 5.69 Å². The molecule has 0 saturated carbocycles. The standard InChI is InChI=1S/C22H24N2O4S/c1-24(2)20-13-7-12-18-17(20)11-8-14-21(18)29(26,27)23-19(22(25)28-3)15-16-9-5-4-6-10-16/h4-14,19,23H,15H2,1-3H3. The van der Waals surface area contributed by atoms with E-state index in [0.29, 0.717) is 5.39 Å². The topological polar surface area (TPSA) is 75.7 Å². The van der Waals surface area contributed by atoms with Gasteiger partial charge in [-0.15, -0.1) is 0 Å². The first-order valence-electron chi connectivity index (χ1n) is 9.16. The highest BCUT2D eigenvalue weighted by Gasteiger charge is 2.28. The molecule has 6 nitrogen and oxygen atoms in total. The minimum Gasteiger partial charge on any atom is -0.468 e. The fraction of sp³-hybridized carbons (Fsp3) is 0.227. The van der Waals surface area contributed by atoms with Gasteiger partial charge in [0.2, 0.25) is 10.0 Å². The number of carbonyl (C=O) groups excluding carboxylic acids is 1.